The first-order chi connectivity index (χ1) is 16.2. The predicted octanol–water partition coefficient (Wildman–Crippen LogP) is 1.88. The lowest BCUT2D eigenvalue weighted by Gasteiger charge is -2.38. The molecule has 1 aliphatic carbocycles. The van der Waals surface area contributed by atoms with Crippen molar-refractivity contribution in [3.8, 4) is 0 Å². The van der Waals surface area contributed by atoms with Crippen molar-refractivity contribution in [2.24, 2.45) is 23.7 Å². The smallest absolute Gasteiger partial charge is 0.335 e. The van der Waals surface area contributed by atoms with E-state index in [2.05, 4.69) is 0 Å². The molecule has 2 aliphatic heterocycles. The van der Waals surface area contributed by atoms with Gasteiger partial charge in [-0.1, -0.05) is 26.0 Å². The van der Waals surface area contributed by atoms with Crippen LogP contribution < -0.4 is 10.1 Å². The molecule has 10 nitrogen and oxygen atoms in total. The molecular weight excluding hydrogens is 444 g/mol. The Balaban J connectivity index is 1.39. The summed E-state index contributed by atoms with van der Waals surface area (Å²) in [5.41, 5.74) is 1.28. The molecule has 5 rings (SSSR count). The van der Waals surface area contributed by atoms with Crippen molar-refractivity contribution < 1.29 is 39.4 Å². The Morgan fingerprint density at radius 2 is 1.29 bits per heavy atom. The van der Waals surface area contributed by atoms with Crippen LogP contribution >= 0.6 is 0 Å². The highest BCUT2D eigenvalue weighted by molar-refractivity contribution is 6.22. The molecule has 2 aromatic carbocycles. The highest BCUT2D eigenvalue weighted by atomic mass is 17.0. The average molecular weight is 468 g/mol. The number of benzene rings is 2. The molecule has 3 N–H and O–H groups in total. The van der Waals surface area contributed by atoms with Crippen molar-refractivity contribution in [2.75, 3.05) is 10.1 Å². The molecule has 0 aromatic heterocycles. The van der Waals surface area contributed by atoms with E-state index >= 15 is 0 Å². The van der Waals surface area contributed by atoms with Crippen LogP contribution in [0.25, 0.3) is 0 Å². The number of fused-ring (bicyclic) bond motifs is 2. The second-order valence-corrected chi connectivity index (χ2v) is 9.00. The summed E-state index contributed by atoms with van der Waals surface area (Å²) < 4.78 is 0. The van der Waals surface area contributed by atoms with Crippen LogP contribution in [-0.2, 0) is 19.3 Å². The fourth-order valence-electron chi connectivity index (χ4n) is 5.28. The highest BCUT2D eigenvalue weighted by Crippen LogP contribution is 2.50. The standard InChI is InChI=1S/C24H24N2O8/c1-11-17-18(22(28)25(21(17)27)15-7-3-13(4-8-15)23(29)30)12(2)20-19(11)33-26(34-20)16-9-5-14(6-10-16)24(31)32/h3-12,17-20,24,31-32H,1-2H3,(H,29,30). The summed E-state index contributed by atoms with van der Waals surface area (Å²) >= 11 is 0. The lowest BCUT2D eigenvalue weighted by molar-refractivity contribution is -0.132. The molecule has 2 amide bonds. The Bertz CT molecular complexity index is 1100. The first kappa shape index (κ1) is 22.5. The normalized spacial score (nSPS) is 30.6. The van der Waals surface area contributed by atoms with E-state index in [4.69, 9.17) is 14.8 Å². The summed E-state index contributed by atoms with van der Waals surface area (Å²) in [7, 11) is 0. The Morgan fingerprint density at radius 1 is 0.824 bits per heavy atom. The van der Waals surface area contributed by atoms with Gasteiger partial charge in [-0.15, -0.1) is 5.23 Å². The van der Waals surface area contributed by atoms with E-state index in [0.29, 0.717) is 16.9 Å². The summed E-state index contributed by atoms with van der Waals surface area (Å²) in [6.45, 7) is 3.73. The summed E-state index contributed by atoms with van der Waals surface area (Å²) in [6.07, 6.45) is -2.52. The molecule has 34 heavy (non-hydrogen) atoms. The number of aliphatic hydroxyl groups is 2. The van der Waals surface area contributed by atoms with E-state index in [1.54, 1.807) is 12.1 Å². The van der Waals surface area contributed by atoms with Gasteiger partial charge in [-0.25, -0.2) is 14.5 Å². The molecule has 2 saturated heterocycles. The molecule has 3 fully saturated rings. The second-order valence-electron chi connectivity index (χ2n) is 9.00. The summed E-state index contributed by atoms with van der Waals surface area (Å²) in [6, 6.07) is 12.0. The maximum absolute atomic E-state index is 13.4. The van der Waals surface area contributed by atoms with Gasteiger partial charge in [0, 0.05) is 17.4 Å². The van der Waals surface area contributed by atoms with Crippen LogP contribution in [-0.4, -0.2) is 45.3 Å². The fourth-order valence-corrected chi connectivity index (χ4v) is 5.28. The van der Waals surface area contributed by atoms with Crippen LogP contribution in [0.4, 0.5) is 11.4 Å². The van der Waals surface area contributed by atoms with Gasteiger partial charge in [0.25, 0.3) is 0 Å². The number of nitrogens with zero attached hydrogens (tertiary/aromatic N) is 2. The molecule has 2 aromatic rings. The summed E-state index contributed by atoms with van der Waals surface area (Å²) in [5, 5.41) is 28.9. The largest absolute Gasteiger partial charge is 0.478 e. The monoisotopic (exact) mass is 468 g/mol. The van der Waals surface area contributed by atoms with Crippen molar-refractivity contribution in [1.29, 1.82) is 0 Å². The molecule has 6 atom stereocenters. The maximum atomic E-state index is 13.4. The molecule has 0 spiro atoms. The number of imide groups is 1. The Labute approximate surface area is 194 Å². The van der Waals surface area contributed by atoms with Crippen molar-refractivity contribution in [3.05, 3.63) is 59.7 Å². The Morgan fingerprint density at radius 3 is 1.74 bits per heavy atom. The number of hydrogen-bond donors (Lipinski definition) is 3. The number of aromatic carboxylic acids is 1. The van der Waals surface area contributed by atoms with Gasteiger partial charge in [-0.2, -0.15) is 0 Å². The van der Waals surface area contributed by atoms with E-state index in [0.717, 1.165) is 4.90 Å². The number of anilines is 2. The van der Waals surface area contributed by atoms with E-state index in [-0.39, 0.29) is 29.2 Å². The third-order valence-corrected chi connectivity index (χ3v) is 7.10. The van der Waals surface area contributed by atoms with Crippen molar-refractivity contribution in [1.82, 2.24) is 0 Å². The van der Waals surface area contributed by atoms with E-state index in [1.807, 2.05) is 13.8 Å². The van der Waals surface area contributed by atoms with Gasteiger partial charge < -0.3 is 15.3 Å². The van der Waals surface area contributed by atoms with Gasteiger partial charge in [0.05, 0.1) is 28.8 Å². The molecule has 3 aliphatic rings. The first-order valence-electron chi connectivity index (χ1n) is 11.0. The van der Waals surface area contributed by atoms with Crippen LogP contribution in [0.2, 0.25) is 0 Å². The number of rotatable bonds is 4. The number of carboxylic acids is 1. The minimum absolute atomic E-state index is 0.0694. The van der Waals surface area contributed by atoms with Gasteiger partial charge in [0.15, 0.2) is 6.29 Å². The van der Waals surface area contributed by atoms with E-state index in [9.17, 15) is 24.6 Å². The third kappa shape index (κ3) is 3.38. The minimum Gasteiger partial charge on any atom is -0.478 e. The molecule has 1 saturated carbocycles. The fraction of sp³-hybridized carbons (Fsp3) is 0.375. The van der Waals surface area contributed by atoms with Crippen molar-refractivity contribution >= 4 is 29.2 Å². The maximum Gasteiger partial charge on any atom is 0.335 e. The van der Waals surface area contributed by atoms with Crippen molar-refractivity contribution in [2.45, 2.75) is 32.3 Å². The Hall–Kier alpha value is -3.31. The topological polar surface area (TPSA) is 137 Å². The lowest BCUT2D eigenvalue weighted by Crippen LogP contribution is -2.50. The molecule has 2 heterocycles. The molecule has 0 bridgehead atoms. The van der Waals surface area contributed by atoms with E-state index < -0.39 is 36.3 Å². The molecule has 6 unspecified atom stereocenters. The number of hydrogen-bond acceptors (Lipinski definition) is 8. The SMILES string of the molecule is CC1C2ON(c3ccc(C(O)O)cc3)OC2C(C)C2C(=O)N(c3ccc(C(=O)O)cc3)C(=O)C12. The zero-order valence-corrected chi connectivity index (χ0v) is 18.4. The molecular formula is C24H24N2O8. The number of carbonyl (C=O) groups excluding carboxylic acids is 2. The van der Waals surface area contributed by atoms with E-state index in [1.165, 1.54) is 41.6 Å². The average Bonchev–Trinajstić information content (AvgIpc) is 3.38. The zero-order valence-electron chi connectivity index (χ0n) is 18.4. The second kappa shape index (κ2) is 8.17. The number of amides is 2. The van der Waals surface area contributed by atoms with Crippen molar-refractivity contribution in [3.63, 3.8) is 0 Å². The van der Waals surface area contributed by atoms with Crippen LogP contribution in [0.15, 0.2) is 48.5 Å². The van der Waals surface area contributed by atoms with Gasteiger partial charge in [0.2, 0.25) is 11.8 Å². The number of aliphatic hydroxyl groups excluding tert-OH is 1. The van der Waals surface area contributed by atoms with Crippen LogP contribution in [0, 0.1) is 23.7 Å². The van der Waals surface area contributed by atoms with Gasteiger partial charge in [-0.3, -0.25) is 14.5 Å². The molecule has 0 radical (unpaired) electrons. The van der Waals surface area contributed by atoms with Gasteiger partial charge in [0.1, 0.15) is 12.2 Å². The predicted molar refractivity (Wildman–Crippen MR) is 117 cm³/mol. The highest BCUT2D eigenvalue weighted by Gasteiger charge is 2.63. The van der Waals surface area contributed by atoms with Crippen LogP contribution in [0.1, 0.15) is 36.1 Å². The third-order valence-electron chi connectivity index (χ3n) is 7.10. The minimum atomic E-state index is -1.59. The van der Waals surface area contributed by atoms with Crippen LogP contribution in [0.5, 0.6) is 0 Å². The van der Waals surface area contributed by atoms with Gasteiger partial charge >= 0.3 is 5.97 Å². The first-order valence-corrected chi connectivity index (χ1v) is 11.0. The zero-order chi connectivity index (χ0) is 24.3. The Kier molecular flexibility index (Phi) is 5.40. The summed E-state index contributed by atoms with van der Waals surface area (Å²) in [5.74, 6) is -3.60. The van der Waals surface area contributed by atoms with Crippen LogP contribution in [0.3, 0.4) is 0 Å². The number of carboxylic acid groups (broad SMARTS) is 1. The quantitative estimate of drug-likeness (QED) is 0.454. The lowest BCUT2D eigenvalue weighted by atomic mass is 9.66. The summed E-state index contributed by atoms with van der Waals surface area (Å²) in [4.78, 5) is 51.2. The van der Waals surface area contributed by atoms with Gasteiger partial charge in [-0.05, 0) is 36.4 Å². The molecule has 10 heteroatoms. The molecule has 178 valence electrons. The number of carbonyl (C=O) groups is 3.